The van der Waals surface area contributed by atoms with E-state index >= 15 is 0 Å². The zero-order valence-corrected chi connectivity index (χ0v) is 10.5. The Labute approximate surface area is 93.5 Å². The van der Waals surface area contributed by atoms with Gasteiger partial charge in [-0.2, -0.15) is 0 Å². The quantitative estimate of drug-likeness (QED) is 0.650. The second-order valence-corrected chi connectivity index (χ2v) is 5.45. The molecular weight excluding hydrogens is 182 g/mol. The molecule has 1 heteroatoms. The van der Waals surface area contributed by atoms with Crippen molar-refractivity contribution in [2.45, 2.75) is 53.0 Å². The first-order chi connectivity index (χ1) is 7.09. The van der Waals surface area contributed by atoms with E-state index in [1.165, 1.54) is 30.7 Å². The standard InChI is InChI=1S/C14H23N/c1-10-5-8-14(11(2)9-10)15-12(3)6-7-13(15)4/h6-7,10-11,14H,5,8-9H2,1-4H3. The lowest BCUT2D eigenvalue weighted by Gasteiger charge is -2.35. The highest BCUT2D eigenvalue weighted by molar-refractivity contribution is 5.15. The van der Waals surface area contributed by atoms with Gasteiger partial charge in [0.25, 0.3) is 0 Å². The Morgan fingerprint density at radius 3 is 2.20 bits per heavy atom. The predicted octanol–water partition coefficient (Wildman–Crippen LogP) is 4.10. The molecule has 3 unspecified atom stereocenters. The summed E-state index contributed by atoms with van der Waals surface area (Å²) < 4.78 is 2.55. The van der Waals surface area contributed by atoms with E-state index in [9.17, 15) is 0 Å². The van der Waals surface area contributed by atoms with Crippen molar-refractivity contribution < 1.29 is 0 Å². The van der Waals surface area contributed by atoms with E-state index in [1.54, 1.807) is 0 Å². The van der Waals surface area contributed by atoms with Gasteiger partial charge in [0.05, 0.1) is 0 Å². The molecule has 3 atom stereocenters. The molecule has 15 heavy (non-hydrogen) atoms. The summed E-state index contributed by atoms with van der Waals surface area (Å²) in [4.78, 5) is 0. The fourth-order valence-electron chi connectivity index (χ4n) is 3.24. The van der Waals surface area contributed by atoms with Crippen LogP contribution in [0.25, 0.3) is 0 Å². The van der Waals surface area contributed by atoms with Crippen LogP contribution < -0.4 is 0 Å². The summed E-state index contributed by atoms with van der Waals surface area (Å²) in [5, 5.41) is 0. The van der Waals surface area contributed by atoms with Crippen LogP contribution in [0.15, 0.2) is 12.1 Å². The molecule has 0 spiro atoms. The molecule has 0 saturated heterocycles. The minimum atomic E-state index is 0.746. The van der Waals surface area contributed by atoms with E-state index in [1.807, 2.05) is 0 Å². The monoisotopic (exact) mass is 205 g/mol. The van der Waals surface area contributed by atoms with Crippen molar-refractivity contribution in [3.05, 3.63) is 23.5 Å². The van der Waals surface area contributed by atoms with Gasteiger partial charge in [-0.25, -0.2) is 0 Å². The predicted molar refractivity (Wildman–Crippen MR) is 65.1 cm³/mol. The van der Waals surface area contributed by atoms with Crippen LogP contribution in [0, 0.1) is 25.7 Å². The molecule has 1 heterocycles. The first-order valence-corrected chi connectivity index (χ1v) is 6.24. The highest BCUT2D eigenvalue weighted by Crippen LogP contribution is 2.38. The third-order valence-corrected chi connectivity index (χ3v) is 4.04. The number of rotatable bonds is 1. The van der Waals surface area contributed by atoms with Gasteiger partial charge in [-0.3, -0.25) is 0 Å². The summed E-state index contributed by atoms with van der Waals surface area (Å²) >= 11 is 0. The van der Waals surface area contributed by atoms with Gasteiger partial charge in [0.2, 0.25) is 0 Å². The van der Waals surface area contributed by atoms with Gasteiger partial charge in [-0.15, -0.1) is 0 Å². The summed E-state index contributed by atoms with van der Waals surface area (Å²) in [7, 11) is 0. The maximum absolute atomic E-state index is 2.55. The van der Waals surface area contributed by atoms with Gasteiger partial charge in [0.15, 0.2) is 0 Å². The topological polar surface area (TPSA) is 4.93 Å². The van der Waals surface area contributed by atoms with Crippen molar-refractivity contribution in [2.75, 3.05) is 0 Å². The zero-order valence-electron chi connectivity index (χ0n) is 10.5. The Morgan fingerprint density at radius 2 is 1.67 bits per heavy atom. The Bertz CT molecular complexity index is 318. The lowest BCUT2D eigenvalue weighted by atomic mass is 9.79. The van der Waals surface area contributed by atoms with Crippen LogP contribution in [0.5, 0.6) is 0 Å². The lowest BCUT2D eigenvalue weighted by Crippen LogP contribution is -2.25. The molecule has 1 aliphatic rings. The molecule has 1 saturated carbocycles. The van der Waals surface area contributed by atoms with E-state index in [0.29, 0.717) is 0 Å². The Kier molecular flexibility index (Phi) is 2.90. The molecule has 84 valence electrons. The summed E-state index contributed by atoms with van der Waals surface area (Å²) in [5.41, 5.74) is 2.86. The second-order valence-electron chi connectivity index (χ2n) is 5.45. The third-order valence-electron chi connectivity index (χ3n) is 4.04. The first-order valence-electron chi connectivity index (χ1n) is 6.24. The van der Waals surface area contributed by atoms with Crippen LogP contribution in [-0.4, -0.2) is 4.57 Å². The van der Waals surface area contributed by atoms with E-state index in [0.717, 1.165) is 17.9 Å². The molecule has 2 rings (SSSR count). The highest BCUT2D eigenvalue weighted by Gasteiger charge is 2.27. The summed E-state index contributed by atoms with van der Waals surface area (Å²) in [5.74, 6) is 1.76. The molecular formula is C14H23N. The fourth-order valence-corrected chi connectivity index (χ4v) is 3.24. The SMILES string of the molecule is Cc1ccc(C)n1C1CCC(C)CC1C. The Hall–Kier alpha value is -0.720. The van der Waals surface area contributed by atoms with Crippen molar-refractivity contribution in [2.24, 2.45) is 11.8 Å². The number of hydrogen-bond donors (Lipinski definition) is 0. The Balaban J connectivity index is 2.24. The Morgan fingerprint density at radius 1 is 1.07 bits per heavy atom. The van der Waals surface area contributed by atoms with Crippen LogP contribution >= 0.6 is 0 Å². The molecule has 1 aliphatic carbocycles. The van der Waals surface area contributed by atoms with Crippen molar-refractivity contribution in [3.8, 4) is 0 Å². The number of nitrogens with zero attached hydrogens (tertiary/aromatic N) is 1. The molecule has 0 N–H and O–H groups in total. The molecule has 1 aromatic rings. The average Bonchev–Trinajstić information content (AvgIpc) is 2.48. The minimum Gasteiger partial charge on any atom is -0.346 e. The van der Waals surface area contributed by atoms with Gasteiger partial charge in [-0.1, -0.05) is 13.8 Å². The molecule has 0 amide bonds. The summed E-state index contributed by atoms with van der Waals surface area (Å²) in [6.45, 7) is 9.27. The molecule has 0 radical (unpaired) electrons. The van der Waals surface area contributed by atoms with E-state index in [-0.39, 0.29) is 0 Å². The number of aromatic nitrogens is 1. The smallest absolute Gasteiger partial charge is 0.0361 e. The van der Waals surface area contributed by atoms with Crippen molar-refractivity contribution in [3.63, 3.8) is 0 Å². The van der Waals surface area contributed by atoms with Crippen LogP contribution in [0.3, 0.4) is 0 Å². The van der Waals surface area contributed by atoms with Crippen LogP contribution in [-0.2, 0) is 0 Å². The molecule has 1 aromatic heterocycles. The van der Waals surface area contributed by atoms with E-state index in [2.05, 4.69) is 44.4 Å². The number of aryl methyl sites for hydroxylation is 2. The third kappa shape index (κ3) is 1.97. The van der Waals surface area contributed by atoms with Crippen molar-refractivity contribution in [1.82, 2.24) is 4.57 Å². The molecule has 1 nitrogen and oxygen atoms in total. The summed E-state index contributed by atoms with van der Waals surface area (Å²) in [6.07, 6.45) is 4.15. The number of hydrogen-bond acceptors (Lipinski definition) is 0. The fraction of sp³-hybridized carbons (Fsp3) is 0.714. The normalized spacial score (nSPS) is 31.9. The van der Waals surface area contributed by atoms with E-state index in [4.69, 9.17) is 0 Å². The van der Waals surface area contributed by atoms with E-state index < -0.39 is 0 Å². The maximum atomic E-state index is 2.55. The molecule has 0 bridgehead atoms. The van der Waals surface area contributed by atoms with Crippen LogP contribution in [0.1, 0.15) is 50.5 Å². The first kappa shape index (κ1) is 10.8. The zero-order chi connectivity index (χ0) is 11.0. The van der Waals surface area contributed by atoms with Crippen molar-refractivity contribution in [1.29, 1.82) is 0 Å². The average molecular weight is 205 g/mol. The summed E-state index contributed by atoms with van der Waals surface area (Å²) in [6, 6.07) is 5.25. The van der Waals surface area contributed by atoms with Crippen LogP contribution in [0.2, 0.25) is 0 Å². The van der Waals surface area contributed by atoms with Gasteiger partial charge in [-0.05, 0) is 57.1 Å². The van der Waals surface area contributed by atoms with Crippen LogP contribution in [0.4, 0.5) is 0 Å². The van der Waals surface area contributed by atoms with Gasteiger partial charge in [0.1, 0.15) is 0 Å². The van der Waals surface area contributed by atoms with Crippen molar-refractivity contribution >= 4 is 0 Å². The largest absolute Gasteiger partial charge is 0.346 e. The lowest BCUT2D eigenvalue weighted by molar-refractivity contribution is 0.204. The second kappa shape index (κ2) is 4.03. The van der Waals surface area contributed by atoms with Gasteiger partial charge in [0, 0.05) is 17.4 Å². The minimum absolute atomic E-state index is 0.746. The van der Waals surface area contributed by atoms with Gasteiger partial charge < -0.3 is 4.57 Å². The highest BCUT2D eigenvalue weighted by atomic mass is 15.0. The maximum Gasteiger partial charge on any atom is 0.0361 e. The molecule has 1 fully saturated rings. The molecule has 0 aromatic carbocycles. The van der Waals surface area contributed by atoms with Gasteiger partial charge >= 0.3 is 0 Å². The molecule has 0 aliphatic heterocycles.